The van der Waals surface area contributed by atoms with Crippen LogP contribution in [0.2, 0.25) is 0 Å². The van der Waals surface area contributed by atoms with Gasteiger partial charge in [0.05, 0.1) is 12.2 Å². The van der Waals surface area contributed by atoms with Gasteiger partial charge in [0.1, 0.15) is 11.6 Å². The minimum atomic E-state index is -1.92. The third-order valence-corrected chi connectivity index (χ3v) is 7.03. The number of benzene rings is 2. The average Bonchev–Trinajstić information content (AvgIpc) is 3.33. The zero-order valence-electron chi connectivity index (χ0n) is 19.4. The number of aliphatic hydroxyl groups excluding tert-OH is 2. The number of halogens is 2. The number of piperazine rings is 1. The monoisotopic (exact) mass is 515 g/mol. The second kappa shape index (κ2) is 11.6. The highest BCUT2D eigenvalue weighted by Crippen LogP contribution is 2.21. The smallest absolute Gasteiger partial charge is 0.254 e. The van der Waals surface area contributed by atoms with E-state index in [2.05, 4.69) is 5.32 Å². The van der Waals surface area contributed by atoms with Crippen LogP contribution in [0.15, 0.2) is 60.0 Å². The molecule has 1 fully saturated rings. The van der Waals surface area contributed by atoms with Crippen molar-refractivity contribution in [2.24, 2.45) is 0 Å². The van der Waals surface area contributed by atoms with Crippen LogP contribution in [-0.2, 0) is 22.6 Å². The van der Waals surface area contributed by atoms with Crippen molar-refractivity contribution in [2.45, 2.75) is 25.2 Å². The highest BCUT2D eigenvalue weighted by molar-refractivity contribution is 7.10. The first-order valence-electron chi connectivity index (χ1n) is 11.5. The molecule has 3 aromatic rings. The van der Waals surface area contributed by atoms with Gasteiger partial charge in [-0.3, -0.25) is 9.59 Å². The van der Waals surface area contributed by atoms with E-state index in [1.54, 1.807) is 29.2 Å². The number of hydrogen-bond acceptors (Lipinski definition) is 6. The van der Waals surface area contributed by atoms with Gasteiger partial charge >= 0.3 is 0 Å². The summed E-state index contributed by atoms with van der Waals surface area (Å²) in [6.45, 7) is 1.28. The van der Waals surface area contributed by atoms with Gasteiger partial charge in [0.2, 0.25) is 0 Å². The quantitative estimate of drug-likeness (QED) is 0.428. The number of thiophene rings is 1. The van der Waals surface area contributed by atoms with E-state index in [0.29, 0.717) is 25.2 Å². The molecular weight excluding hydrogens is 488 g/mol. The number of para-hydroxylation sites is 1. The van der Waals surface area contributed by atoms with Gasteiger partial charge in [-0.25, -0.2) is 8.78 Å². The van der Waals surface area contributed by atoms with E-state index in [1.807, 2.05) is 17.5 Å². The van der Waals surface area contributed by atoms with E-state index in [1.165, 1.54) is 34.4 Å². The summed E-state index contributed by atoms with van der Waals surface area (Å²) in [7, 11) is 0. The molecule has 2 atom stereocenters. The van der Waals surface area contributed by atoms with Crippen molar-refractivity contribution in [3.8, 4) is 0 Å². The van der Waals surface area contributed by atoms with Gasteiger partial charge in [0.15, 0.2) is 12.2 Å². The zero-order chi connectivity index (χ0) is 25.7. The maximum absolute atomic E-state index is 14.0. The Morgan fingerprint density at radius 1 is 0.944 bits per heavy atom. The fraction of sp³-hybridized carbons (Fsp3) is 0.308. The van der Waals surface area contributed by atoms with Crippen LogP contribution in [0.5, 0.6) is 0 Å². The van der Waals surface area contributed by atoms with Crippen LogP contribution >= 0.6 is 11.3 Å². The Labute approximate surface area is 211 Å². The molecular formula is C26H27F2N3O4S. The van der Waals surface area contributed by atoms with Gasteiger partial charge in [0, 0.05) is 31.1 Å². The van der Waals surface area contributed by atoms with E-state index >= 15 is 0 Å². The Hall–Kier alpha value is -3.34. The molecule has 0 aliphatic carbocycles. The lowest BCUT2D eigenvalue weighted by atomic mass is 10.1. The van der Waals surface area contributed by atoms with Gasteiger partial charge < -0.3 is 25.3 Å². The van der Waals surface area contributed by atoms with Crippen molar-refractivity contribution in [1.82, 2.24) is 10.2 Å². The summed E-state index contributed by atoms with van der Waals surface area (Å²) >= 11 is 1.40. The van der Waals surface area contributed by atoms with Crippen molar-refractivity contribution in [2.75, 3.05) is 31.1 Å². The van der Waals surface area contributed by atoms with Crippen molar-refractivity contribution in [3.63, 3.8) is 0 Å². The Bertz CT molecular complexity index is 1210. The number of anilines is 1. The molecule has 4 rings (SSSR count). The summed E-state index contributed by atoms with van der Waals surface area (Å²) in [5, 5.41) is 25.0. The molecule has 7 nitrogen and oxygen atoms in total. The van der Waals surface area contributed by atoms with Crippen LogP contribution in [0.3, 0.4) is 0 Å². The molecule has 1 aromatic heterocycles. The van der Waals surface area contributed by atoms with Crippen LogP contribution in [0.4, 0.5) is 14.5 Å². The van der Waals surface area contributed by atoms with E-state index < -0.39 is 24.0 Å². The molecule has 10 heteroatoms. The third-order valence-electron chi connectivity index (χ3n) is 6.05. The van der Waals surface area contributed by atoms with E-state index in [9.17, 15) is 28.6 Å². The number of aliphatic hydroxyl groups is 2. The largest absolute Gasteiger partial charge is 0.380 e. The number of carbonyl (C=O) groups is 2. The van der Waals surface area contributed by atoms with Crippen molar-refractivity contribution in [1.29, 1.82) is 0 Å². The molecule has 1 unspecified atom stereocenters. The third kappa shape index (κ3) is 6.26. The predicted molar refractivity (Wildman–Crippen MR) is 133 cm³/mol. The maximum Gasteiger partial charge on any atom is 0.254 e. The van der Waals surface area contributed by atoms with Gasteiger partial charge in [-0.2, -0.15) is 0 Å². The standard InChI is InChI=1S/C26H27F2N3O4S/c27-19-5-3-4-17(13-19)12-18-14-20(36-16-18)15-29-25(34)23(32)24(33)26(35)31-10-8-30(9-11-31)22-7-2-1-6-21(22)28/h1-7,13-14,16,23-24,32-33H,8-12,15H2,(H,29,34)/t23?,24-/m1/s1. The Morgan fingerprint density at radius 2 is 1.69 bits per heavy atom. The first-order chi connectivity index (χ1) is 17.3. The van der Waals surface area contributed by atoms with Crippen molar-refractivity contribution in [3.05, 3.63) is 87.6 Å². The van der Waals surface area contributed by atoms with Crippen LogP contribution < -0.4 is 10.2 Å². The fourth-order valence-corrected chi connectivity index (χ4v) is 4.94. The second-order valence-corrected chi connectivity index (χ2v) is 9.59. The first kappa shape index (κ1) is 25.7. The van der Waals surface area contributed by atoms with Crippen LogP contribution in [0.25, 0.3) is 0 Å². The molecule has 2 amide bonds. The van der Waals surface area contributed by atoms with Crippen molar-refractivity contribution >= 4 is 28.8 Å². The number of nitrogens with one attached hydrogen (secondary N) is 1. The lowest BCUT2D eigenvalue weighted by molar-refractivity contribution is -0.153. The Kier molecular flexibility index (Phi) is 8.29. The summed E-state index contributed by atoms with van der Waals surface area (Å²) in [6, 6.07) is 14.6. The zero-order valence-corrected chi connectivity index (χ0v) is 20.3. The van der Waals surface area contributed by atoms with Crippen LogP contribution in [0, 0.1) is 11.6 Å². The predicted octanol–water partition coefficient (Wildman–Crippen LogP) is 2.30. The lowest BCUT2D eigenvalue weighted by Crippen LogP contribution is -2.55. The molecule has 1 aliphatic rings. The van der Waals surface area contributed by atoms with Crippen LogP contribution in [0.1, 0.15) is 16.0 Å². The molecule has 0 saturated carbocycles. The van der Waals surface area contributed by atoms with Gasteiger partial charge in [-0.1, -0.05) is 24.3 Å². The van der Waals surface area contributed by atoms with Crippen LogP contribution in [-0.4, -0.2) is 65.3 Å². The molecule has 0 spiro atoms. The fourth-order valence-electron chi connectivity index (χ4n) is 4.11. The molecule has 1 saturated heterocycles. The second-order valence-electron chi connectivity index (χ2n) is 8.60. The highest BCUT2D eigenvalue weighted by Gasteiger charge is 2.34. The molecule has 3 N–H and O–H groups in total. The van der Waals surface area contributed by atoms with Crippen molar-refractivity contribution < 1.29 is 28.6 Å². The van der Waals surface area contributed by atoms with E-state index in [0.717, 1.165) is 16.0 Å². The molecule has 36 heavy (non-hydrogen) atoms. The Morgan fingerprint density at radius 3 is 2.42 bits per heavy atom. The minimum Gasteiger partial charge on any atom is -0.380 e. The molecule has 0 bridgehead atoms. The minimum absolute atomic E-state index is 0.117. The topological polar surface area (TPSA) is 93.1 Å². The number of carbonyl (C=O) groups excluding carboxylic acids is 2. The summed E-state index contributed by atoms with van der Waals surface area (Å²) in [5.41, 5.74) is 2.23. The average molecular weight is 516 g/mol. The van der Waals surface area contributed by atoms with E-state index in [-0.39, 0.29) is 31.3 Å². The maximum atomic E-state index is 14.0. The van der Waals surface area contributed by atoms with Gasteiger partial charge in [-0.05, 0) is 53.3 Å². The number of hydrogen-bond donors (Lipinski definition) is 3. The summed E-state index contributed by atoms with van der Waals surface area (Å²) < 4.78 is 27.4. The number of rotatable bonds is 8. The van der Waals surface area contributed by atoms with Gasteiger partial charge in [0.25, 0.3) is 11.8 Å². The highest BCUT2D eigenvalue weighted by atomic mass is 32.1. The molecule has 2 heterocycles. The molecule has 190 valence electrons. The SMILES string of the molecule is O=C(NCc1cc(Cc2cccc(F)c2)cs1)C(O)[C@@H](O)C(=O)N1CCN(c2ccccc2F)CC1. The Balaban J connectivity index is 1.25. The normalized spacial score (nSPS) is 15.4. The van der Waals surface area contributed by atoms with E-state index in [4.69, 9.17) is 0 Å². The molecule has 0 radical (unpaired) electrons. The lowest BCUT2D eigenvalue weighted by Gasteiger charge is -2.37. The summed E-state index contributed by atoms with van der Waals surface area (Å²) in [6.07, 6.45) is -3.28. The first-order valence-corrected chi connectivity index (χ1v) is 12.4. The summed E-state index contributed by atoms with van der Waals surface area (Å²) in [4.78, 5) is 29.0. The molecule has 1 aliphatic heterocycles. The van der Waals surface area contributed by atoms with Gasteiger partial charge in [-0.15, -0.1) is 11.3 Å². The number of amides is 2. The molecule has 2 aromatic carbocycles. The summed E-state index contributed by atoms with van der Waals surface area (Å²) in [5.74, 6) is -2.26. The number of nitrogens with zero attached hydrogens (tertiary/aromatic N) is 2.